The largest absolute Gasteiger partial charge is 0.474 e. The molecule has 0 radical (unpaired) electrons. The van der Waals surface area contributed by atoms with Gasteiger partial charge in [-0.05, 0) is 95.8 Å². The molecular weight excluding hydrogens is 412 g/mol. The monoisotopic (exact) mass is 452 g/mol. The molecule has 7 rings (SSSR count). The standard InChI is InChI=1S/C27H40N4O2/c1-17-26(32-24-10-20-6-7-21(11-24)30(20)14-18-2-3-18)28-16-29-27(17)33-25-12-22-8-9-23(13-25)31(22)15-19-4-5-19/h16,18-25H,2-15H2,1H3/t20-,21+,22?,23?,24?,25?. The van der Waals surface area contributed by atoms with E-state index in [0.717, 1.165) is 54.8 Å². The molecule has 4 aliphatic heterocycles. The van der Waals surface area contributed by atoms with E-state index in [1.54, 1.807) is 6.33 Å². The summed E-state index contributed by atoms with van der Waals surface area (Å²) in [7, 11) is 0. The number of fused-ring (bicyclic) bond motifs is 4. The molecule has 5 atom stereocenters. The third kappa shape index (κ3) is 4.27. The summed E-state index contributed by atoms with van der Waals surface area (Å²) in [5.41, 5.74) is 0.984. The maximum atomic E-state index is 6.52. The molecule has 2 saturated carbocycles. The second-order valence-electron chi connectivity index (χ2n) is 12.1. The maximum absolute atomic E-state index is 6.52. The summed E-state index contributed by atoms with van der Waals surface area (Å²) in [4.78, 5) is 14.7. The Labute approximate surface area is 198 Å². The molecule has 6 heteroatoms. The topological polar surface area (TPSA) is 50.7 Å². The van der Waals surface area contributed by atoms with Crippen LogP contribution in [-0.2, 0) is 0 Å². The highest BCUT2D eigenvalue weighted by Crippen LogP contribution is 2.43. The van der Waals surface area contributed by atoms with E-state index in [1.807, 2.05) is 0 Å². The number of hydrogen-bond donors (Lipinski definition) is 0. The van der Waals surface area contributed by atoms with Gasteiger partial charge in [0.25, 0.3) is 0 Å². The summed E-state index contributed by atoms with van der Waals surface area (Å²) in [6.45, 7) is 4.74. The first-order valence-corrected chi connectivity index (χ1v) is 13.9. The zero-order valence-electron chi connectivity index (χ0n) is 20.2. The molecule has 2 aliphatic carbocycles. The normalized spacial score (nSPS) is 38.6. The van der Waals surface area contributed by atoms with Crippen LogP contribution in [0.4, 0.5) is 0 Å². The minimum atomic E-state index is 0.279. The van der Waals surface area contributed by atoms with Gasteiger partial charge in [-0.1, -0.05) is 0 Å². The van der Waals surface area contributed by atoms with Crippen LogP contribution >= 0.6 is 0 Å². The van der Waals surface area contributed by atoms with Crippen molar-refractivity contribution in [2.75, 3.05) is 13.1 Å². The lowest BCUT2D eigenvalue weighted by molar-refractivity contribution is 0.0391. The van der Waals surface area contributed by atoms with Crippen LogP contribution in [0.5, 0.6) is 11.8 Å². The number of rotatable bonds is 8. The molecule has 6 nitrogen and oxygen atoms in total. The number of nitrogens with zero attached hydrogens (tertiary/aromatic N) is 4. The van der Waals surface area contributed by atoms with Crippen LogP contribution in [0.3, 0.4) is 0 Å². The Kier molecular flexibility index (Phi) is 5.31. The molecule has 3 unspecified atom stereocenters. The molecule has 1 aromatic rings. The molecule has 0 amide bonds. The molecule has 0 spiro atoms. The first-order chi connectivity index (χ1) is 16.2. The van der Waals surface area contributed by atoms with E-state index >= 15 is 0 Å². The lowest BCUT2D eigenvalue weighted by Crippen LogP contribution is -2.47. The van der Waals surface area contributed by atoms with Gasteiger partial charge in [-0.3, -0.25) is 9.80 Å². The summed E-state index contributed by atoms with van der Waals surface area (Å²) in [6, 6.07) is 2.85. The zero-order chi connectivity index (χ0) is 21.9. The average Bonchev–Trinajstić information content (AvgIpc) is 3.71. The van der Waals surface area contributed by atoms with Gasteiger partial charge in [0.2, 0.25) is 11.8 Å². The van der Waals surface area contributed by atoms with Crippen LogP contribution in [0.1, 0.15) is 82.6 Å². The van der Waals surface area contributed by atoms with Crippen LogP contribution in [0.15, 0.2) is 6.33 Å². The Bertz CT molecular complexity index is 777. The van der Waals surface area contributed by atoms with Gasteiger partial charge < -0.3 is 9.47 Å². The molecule has 1 aromatic heterocycles. The van der Waals surface area contributed by atoms with E-state index < -0.39 is 0 Å². The summed E-state index contributed by atoms with van der Waals surface area (Å²) < 4.78 is 13.0. The Morgan fingerprint density at radius 3 is 1.42 bits per heavy atom. The predicted octanol–water partition coefficient (Wildman–Crippen LogP) is 4.35. The molecular formula is C27H40N4O2. The van der Waals surface area contributed by atoms with E-state index in [4.69, 9.17) is 9.47 Å². The quantitative estimate of drug-likeness (QED) is 0.584. The van der Waals surface area contributed by atoms with Crippen molar-refractivity contribution in [1.29, 1.82) is 0 Å². The van der Waals surface area contributed by atoms with Gasteiger partial charge in [-0.25, -0.2) is 9.97 Å². The second-order valence-corrected chi connectivity index (χ2v) is 12.1. The maximum Gasteiger partial charge on any atom is 0.223 e. The Hall–Kier alpha value is -1.40. The van der Waals surface area contributed by atoms with Crippen LogP contribution < -0.4 is 9.47 Å². The van der Waals surface area contributed by atoms with Crippen LogP contribution in [0.2, 0.25) is 0 Å². The molecule has 5 heterocycles. The first-order valence-electron chi connectivity index (χ1n) is 13.9. The molecule has 0 aromatic carbocycles. The van der Waals surface area contributed by atoms with Crippen molar-refractivity contribution in [3.63, 3.8) is 0 Å². The second kappa shape index (κ2) is 8.37. The summed E-state index contributed by atoms with van der Waals surface area (Å²) in [5.74, 6) is 3.44. The van der Waals surface area contributed by atoms with Crippen molar-refractivity contribution in [3.8, 4) is 11.8 Å². The molecule has 4 bridgehead atoms. The van der Waals surface area contributed by atoms with Crippen LogP contribution in [-0.4, -0.2) is 69.2 Å². The smallest absolute Gasteiger partial charge is 0.223 e. The fourth-order valence-corrected chi connectivity index (χ4v) is 7.41. The van der Waals surface area contributed by atoms with Gasteiger partial charge in [0.1, 0.15) is 18.5 Å². The molecule has 6 aliphatic rings. The lowest BCUT2D eigenvalue weighted by Gasteiger charge is -2.39. The van der Waals surface area contributed by atoms with Crippen molar-refractivity contribution >= 4 is 0 Å². The summed E-state index contributed by atoms with van der Waals surface area (Å²) in [6.07, 6.45) is 17.9. The zero-order valence-corrected chi connectivity index (χ0v) is 20.2. The third-order valence-corrected chi connectivity index (χ3v) is 9.56. The molecule has 0 N–H and O–H groups in total. The fraction of sp³-hybridized carbons (Fsp3) is 0.852. The number of ether oxygens (including phenoxy) is 2. The SMILES string of the molecule is Cc1c(OC2CC3CCC(C2)N3CC2CC2)ncnc1OC1C[C@H]2CC[C@@H](C1)N2CC1CC1. The number of piperidine rings is 2. The Morgan fingerprint density at radius 2 is 1.06 bits per heavy atom. The van der Waals surface area contributed by atoms with Crippen molar-refractivity contribution in [1.82, 2.24) is 19.8 Å². The van der Waals surface area contributed by atoms with Gasteiger partial charge in [-0.15, -0.1) is 0 Å². The average molecular weight is 453 g/mol. The minimum Gasteiger partial charge on any atom is -0.474 e. The van der Waals surface area contributed by atoms with E-state index in [0.29, 0.717) is 24.2 Å². The van der Waals surface area contributed by atoms with Gasteiger partial charge in [0.15, 0.2) is 0 Å². The Morgan fingerprint density at radius 1 is 0.667 bits per heavy atom. The molecule has 180 valence electrons. The molecule has 33 heavy (non-hydrogen) atoms. The highest BCUT2D eigenvalue weighted by molar-refractivity contribution is 5.33. The summed E-state index contributed by atoms with van der Waals surface area (Å²) in [5, 5.41) is 0. The number of aromatic nitrogens is 2. The van der Waals surface area contributed by atoms with Crippen molar-refractivity contribution in [3.05, 3.63) is 11.9 Å². The third-order valence-electron chi connectivity index (χ3n) is 9.56. The fourth-order valence-electron chi connectivity index (χ4n) is 7.41. The molecule has 6 fully saturated rings. The first kappa shape index (κ1) is 20.9. The van der Waals surface area contributed by atoms with Gasteiger partial charge >= 0.3 is 0 Å². The highest BCUT2D eigenvalue weighted by atomic mass is 16.5. The molecule has 4 saturated heterocycles. The van der Waals surface area contributed by atoms with Gasteiger partial charge in [-0.2, -0.15) is 0 Å². The predicted molar refractivity (Wildman–Crippen MR) is 127 cm³/mol. The van der Waals surface area contributed by atoms with Crippen molar-refractivity contribution < 1.29 is 9.47 Å². The van der Waals surface area contributed by atoms with Crippen molar-refractivity contribution in [2.24, 2.45) is 11.8 Å². The van der Waals surface area contributed by atoms with Crippen LogP contribution in [0.25, 0.3) is 0 Å². The minimum absolute atomic E-state index is 0.279. The van der Waals surface area contributed by atoms with E-state index in [-0.39, 0.29) is 12.2 Å². The van der Waals surface area contributed by atoms with Crippen LogP contribution in [0, 0.1) is 18.8 Å². The van der Waals surface area contributed by atoms with E-state index in [1.165, 1.54) is 64.5 Å². The lowest BCUT2D eigenvalue weighted by atomic mass is 9.99. The summed E-state index contributed by atoms with van der Waals surface area (Å²) >= 11 is 0. The Balaban J connectivity index is 0.984. The van der Waals surface area contributed by atoms with E-state index in [2.05, 4.69) is 26.7 Å². The van der Waals surface area contributed by atoms with Gasteiger partial charge in [0, 0.05) is 37.3 Å². The van der Waals surface area contributed by atoms with Gasteiger partial charge in [0.05, 0.1) is 5.56 Å². The number of hydrogen-bond acceptors (Lipinski definition) is 6. The van der Waals surface area contributed by atoms with Crippen molar-refractivity contribution in [2.45, 2.75) is 120 Å². The van der Waals surface area contributed by atoms with E-state index in [9.17, 15) is 0 Å². The highest BCUT2D eigenvalue weighted by Gasteiger charge is 2.45.